The lowest BCUT2D eigenvalue weighted by Gasteiger charge is -2.35. The molecule has 0 heterocycles. The highest BCUT2D eigenvalue weighted by atomic mass is 32.2. The van der Waals surface area contributed by atoms with E-state index in [2.05, 4.69) is 0 Å². The van der Waals surface area contributed by atoms with Gasteiger partial charge in [0.15, 0.2) is 0 Å². The molecule has 0 unspecified atom stereocenters. The maximum atomic E-state index is 12.3. The van der Waals surface area contributed by atoms with Gasteiger partial charge in [-0.3, -0.25) is 0 Å². The number of aliphatic hydroxyl groups is 2. The minimum absolute atomic E-state index is 0.0741. The largest absolute Gasteiger partial charge is 0.360 e. The van der Waals surface area contributed by atoms with E-state index in [9.17, 15) is 18.6 Å². The highest BCUT2D eigenvalue weighted by Gasteiger charge is 2.43. The van der Waals surface area contributed by atoms with Crippen LogP contribution in [0, 0.1) is 0 Å². The lowest BCUT2D eigenvalue weighted by atomic mass is 9.96. The second kappa shape index (κ2) is 4.26. The first-order valence-electron chi connectivity index (χ1n) is 5.41. The maximum Gasteiger partial charge on any atom is 0.219 e. The van der Waals surface area contributed by atoms with Crippen molar-refractivity contribution < 1.29 is 18.6 Å². The lowest BCUT2D eigenvalue weighted by Crippen LogP contribution is -2.66. The average Bonchev–Trinajstić information content (AvgIpc) is 2.34. The van der Waals surface area contributed by atoms with Gasteiger partial charge < -0.3 is 21.7 Å². The molecule has 1 aliphatic carbocycles. The van der Waals surface area contributed by atoms with Crippen LogP contribution in [0.15, 0.2) is 58.4 Å². The van der Waals surface area contributed by atoms with Gasteiger partial charge >= 0.3 is 0 Å². The van der Waals surface area contributed by atoms with E-state index in [1.165, 1.54) is 12.1 Å². The predicted molar refractivity (Wildman–Crippen MR) is 69.1 cm³/mol. The van der Waals surface area contributed by atoms with Crippen molar-refractivity contribution >= 4 is 9.84 Å². The standard InChI is InChI=1S/C12H14N2O4S/c13-11(14)8-10(6-7-12(11,15)16)19(17,18)9-4-2-1-3-5-9/h1-8,15-16H,13-14H2. The monoisotopic (exact) mass is 282 g/mol. The van der Waals surface area contributed by atoms with E-state index >= 15 is 0 Å². The summed E-state index contributed by atoms with van der Waals surface area (Å²) in [7, 11) is -3.79. The average molecular weight is 282 g/mol. The fourth-order valence-electron chi connectivity index (χ4n) is 1.64. The molecule has 0 amide bonds. The van der Waals surface area contributed by atoms with Crippen LogP contribution in [0.5, 0.6) is 0 Å². The Labute approximate surface area is 110 Å². The first-order valence-corrected chi connectivity index (χ1v) is 6.90. The topological polar surface area (TPSA) is 127 Å². The van der Waals surface area contributed by atoms with Crippen molar-refractivity contribution in [3.63, 3.8) is 0 Å². The number of rotatable bonds is 2. The Morgan fingerprint density at radius 3 is 2.16 bits per heavy atom. The third-order valence-corrected chi connectivity index (χ3v) is 4.63. The van der Waals surface area contributed by atoms with Gasteiger partial charge in [0.1, 0.15) is 5.66 Å². The SMILES string of the molecule is NC1(N)C=C(S(=O)(=O)c2ccccc2)C=CC1(O)O. The van der Waals surface area contributed by atoms with Gasteiger partial charge in [-0.05, 0) is 30.4 Å². The fourth-order valence-corrected chi connectivity index (χ4v) is 3.02. The quantitative estimate of drug-likeness (QED) is 0.526. The summed E-state index contributed by atoms with van der Waals surface area (Å²) < 4.78 is 24.6. The summed E-state index contributed by atoms with van der Waals surface area (Å²) >= 11 is 0. The Morgan fingerprint density at radius 2 is 1.63 bits per heavy atom. The molecule has 0 atom stereocenters. The van der Waals surface area contributed by atoms with E-state index in [0.29, 0.717) is 0 Å². The smallest absolute Gasteiger partial charge is 0.219 e. The molecule has 0 spiro atoms. The van der Waals surface area contributed by atoms with E-state index in [-0.39, 0.29) is 9.80 Å². The summed E-state index contributed by atoms with van der Waals surface area (Å²) in [6.07, 6.45) is 2.85. The van der Waals surface area contributed by atoms with E-state index in [0.717, 1.165) is 18.2 Å². The highest BCUT2D eigenvalue weighted by molar-refractivity contribution is 7.95. The highest BCUT2D eigenvalue weighted by Crippen LogP contribution is 2.29. The molecule has 6 N–H and O–H groups in total. The summed E-state index contributed by atoms with van der Waals surface area (Å²) in [5.74, 6) is -2.50. The molecule has 0 fully saturated rings. The molecule has 7 heteroatoms. The third kappa shape index (κ3) is 2.34. The van der Waals surface area contributed by atoms with Crippen molar-refractivity contribution in [2.75, 3.05) is 0 Å². The summed E-state index contributed by atoms with van der Waals surface area (Å²) in [5, 5.41) is 19.1. The van der Waals surface area contributed by atoms with Crippen LogP contribution in [-0.2, 0) is 9.84 Å². The molecule has 6 nitrogen and oxygen atoms in total. The number of allylic oxidation sites excluding steroid dienone is 1. The molecule has 2 rings (SSSR count). The van der Waals surface area contributed by atoms with E-state index in [4.69, 9.17) is 11.5 Å². The van der Waals surface area contributed by atoms with Gasteiger partial charge in [-0.25, -0.2) is 8.42 Å². The second-order valence-corrected chi connectivity index (χ2v) is 6.31. The van der Waals surface area contributed by atoms with Crippen LogP contribution in [0.1, 0.15) is 0 Å². The second-order valence-electron chi connectivity index (χ2n) is 4.36. The van der Waals surface area contributed by atoms with E-state index < -0.39 is 21.3 Å². The molecule has 0 radical (unpaired) electrons. The van der Waals surface area contributed by atoms with Crippen LogP contribution in [0.25, 0.3) is 0 Å². The van der Waals surface area contributed by atoms with Gasteiger partial charge in [-0.15, -0.1) is 0 Å². The summed E-state index contributed by atoms with van der Waals surface area (Å²) in [6.45, 7) is 0. The number of hydrogen-bond acceptors (Lipinski definition) is 6. The van der Waals surface area contributed by atoms with Gasteiger partial charge in [0.2, 0.25) is 15.6 Å². The zero-order valence-corrected chi connectivity index (χ0v) is 10.7. The number of nitrogens with two attached hydrogens (primary N) is 2. The Bertz CT molecular complexity index is 646. The van der Waals surface area contributed by atoms with Crippen molar-refractivity contribution in [1.82, 2.24) is 0 Å². The molecule has 102 valence electrons. The lowest BCUT2D eigenvalue weighted by molar-refractivity contribution is -0.156. The van der Waals surface area contributed by atoms with Crippen LogP contribution in [-0.4, -0.2) is 30.1 Å². The first kappa shape index (κ1) is 13.9. The number of sulfone groups is 1. The van der Waals surface area contributed by atoms with E-state index in [1.54, 1.807) is 18.2 Å². The molecule has 0 aromatic heterocycles. The van der Waals surface area contributed by atoms with Crippen LogP contribution < -0.4 is 11.5 Å². The van der Waals surface area contributed by atoms with Crippen molar-refractivity contribution in [1.29, 1.82) is 0 Å². The predicted octanol–water partition coefficient (Wildman–Crippen LogP) is -0.791. The van der Waals surface area contributed by atoms with Crippen molar-refractivity contribution in [3.8, 4) is 0 Å². The molecule has 0 aliphatic heterocycles. The van der Waals surface area contributed by atoms with Gasteiger partial charge in [-0.1, -0.05) is 18.2 Å². The van der Waals surface area contributed by atoms with Gasteiger partial charge in [0.25, 0.3) is 0 Å². The minimum Gasteiger partial charge on any atom is -0.360 e. The number of hydrogen-bond donors (Lipinski definition) is 4. The molecule has 19 heavy (non-hydrogen) atoms. The van der Waals surface area contributed by atoms with Gasteiger partial charge in [0, 0.05) is 0 Å². The third-order valence-electron chi connectivity index (χ3n) is 2.86. The fraction of sp³-hybridized carbons (Fsp3) is 0.167. The normalized spacial score (nSPS) is 20.9. The zero-order valence-electron chi connectivity index (χ0n) is 9.89. The van der Waals surface area contributed by atoms with E-state index in [1.807, 2.05) is 0 Å². The molecule has 0 saturated heterocycles. The van der Waals surface area contributed by atoms with Crippen molar-refractivity contribution in [2.24, 2.45) is 11.5 Å². The van der Waals surface area contributed by atoms with Gasteiger partial charge in [0.05, 0.1) is 9.80 Å². The Kier molecular flexibility index (Phi) is 3.12. The van der Waals surface area contributed by atoms with Gasteiger partial charge in [-0.2, -0.15) is 0 Å². The molecule has 1 aromatic rings. The molecule has 1 aromatic carbocycles. The summed E-state index contributed by atoms with van der Waals surface area (Å²) in [5.41, 5.74) is 8.93. The van der Waals surface area contributed by atoms with Crippen molar-refractivity contribution in [2.45, 2.75) is 16.3 Å². The summed E-state index contributed by atoms with van der Waals surface area (Å²) in [4.78, 5) is -0.104. The molecule has 1 aliphatic rings. The zero-order chi connectivity index (χ0) is 14.3. The molecular formula is C12H14N2O4S. The van der Waals surface area contributed by atoms with Crippen LogP contribution in [0.2, 0.25) is 0 Å². The Hall–Kier alpha value is -1.51. The van der Waals surface area contributed by atoms with Crippen LogP contribution in [0.4, 0.5) is 0 Å². The minimum atomic E-state index is -3.79. The Balaban J connectivity index is 2.51. The molecular weight excluding hydrogens is 268 g/mol. The molecule has 0 saturated carbocycles. The first-order chi connectivity index (χ1) is 8.67. The van der Waals surface area contributed by atoms with Crippen LogP contribution >= 0.6 is 0 Å². The molecule has 0 bridgehead atoms. The number of benzene rings is 1. The van der Waals surface area contributed by atoms with Crippen LogP contribution in [0.3, 0.4) is 0 Å². The van der Waals surface area contributed by atoms with Crippen molar-refractivity contribution in [3.05, 3.63) is 53.5 Å². The Morgan fingerprint density at radius 1 is 1.05 bits per heavy atom. The summed E-state index contributed by atoms with van der Waals surface area (Å²) in [6, 6.07) is 7.71. The maximum absolute atomic E-state index is 12.3.